The highest BCUT2D eigenvalue weighted by Gasteiger charge is 2.46. The summed E-state index contributed by atoms with van der Waals surface area (Å²) in [6.45, 7) is 10.4. The number of nitrogens with one attached hydrogen (secondary N) is 2. The molecule has 0 unspecified atom stereocenters. The summed E-state index contributed by atoms with van der Waals surface area (Å²) < 4.78 is 12.7. The van der Waals surface area contributed by atoms with Crippen LogP contribution in [0.3, 0.4) is 0 Å². The van der Waals surface area contributed by atoms with Gasteiger partial charge in [-0.3, -0.25) is 14.4 Å². The van der Waals surface area contributed by atoms with Crippen molar-refractivity contribution in [2.45, 2.75) is 66.2 Å². The van der Waals surface area contributed by atoms with Crippen LogP contribution >= 0.6 is 34.2 Å². The predicted octanol–water partition coefficient (Wildman–Crippen LogP) is 7.33. The fourth-order valence-electron chi connectivity index (χ4n) is 6.27. The van der Waals surface area contributed by atoms with Gasteiger partial charge in [0.05, 0.1) is 20.9 Å². The Morgan fingerprint density at radius 2 is 1.57 bits per heavy atom. The van der Waals surface area contributed by atoms with E-state index < -0.39 is 5.92 Å². The normalized spacial score (nSPS) is 19.6. The van der Waals surface area contributed by atoms with Crippen molar-refractivity contribution in [3.63, 3.8) is 0 Å². The van der Waals surface area contributed by atoms with Crippen LogP contribution in [0.5, 0.6) is 11.5 Å². The molecule has 0 atom stereocenters. The molecule has 42 heavy (non-hydrogen) atoms. The molecule has 5 rings (SSSR count). The highest BCUT2D eigenvalue weighted by Crippen LogP contribution is 2.52. The summed E-state index contributed by atoms with van der Waals surface area (Å²) in [5, 5.41) is 6.76. The van der Waals surface area contributed by atoms with Gasteiger partial charge in [-0.15, -0.1) is 0 Å². The minimum atomic E-state index is -0.492. The number of para-hydroxylation sites is 1. The zero-order chi connectivity index (χ0) is 30.4. The minimum Gasteiger partial charge on any atom is -0.490 e. The second-order valence-electron chi connectivity index (χ2n) is 12.8. The molecule has 1 amide bonds. The topological polar surface area (TPSA) is 93.7 Å². The fraction of sp³-hybridized carbons (Fsp3) is 0.424. The zero-order valence-corrected chi connectivity index (χ0v) is 27.5. The second kappa shape index (κ2) is 11.7. The average Bonchev–Trinajstić information content (AvgIpc) is 2.87. The molecule has 1 aliphatic heterocycles. The van der Waals surface area contributed by atoms with Crippen LogP contribution < -0.4 is 20.1 Å². The number of benzene rings is 2. The van der Waals surface area contributed by atoms with E-state index in [9.17, 15) is 14.4 Å². The number of carbonyl (C=O) groups excluding carboxylic acids is 3. The Balaban J connectivity index is 1.53. The highest BCUT2D eigenvalue weighted by atomic mass is 127. The van der Waals surface area contributed by atoms with Crippen LogP contribution in [-0.2, 0) is 14.4 Å². The van der Waals surface area contributed by atoms with Gasteiger partial charge < -0.3 is 20.1 Å². The molecule has 0 saturated heterocycles. The molecule has 9 heteroatoms. The molecular formula is C33H36ClIN2O5. The van der Waals surface area contributed by atoms with Gasteiger partial charge in [0.1, 0.15) is 0 Å². The van der Waals surface area contributed by atoms with Crippen molar-refractivity contribution < 1.29 is 23.9 Å². The number of ether oxygens (including phenoxy) is 2. The van der Waals surface area contributed by atoms with Crippen molar-refractivity contribution in [1.29, 1.82) is 0 Å². The summed E-state index contributed by atoms with van der Waals surface area (Å²) in [5.74, 6) is 0.160. The van der Waals surface area contributed by atoms with Crippen LogP contribution in [0.4, 0.5) is 5.69 Å². The average molecular weight is 703 g/mol. The van der Waals surface area contributed by atoms with E-state index in [1.165, 1.54) is 0 Å². The Morgan fingerprint density at radius 3 is 2.14 bits per heavy atom. The lowest BCUT2D eigenvalue weighted by Crippen LogP contribution is -2.42. The first-order valence-corrected chi connectivity index (χ1v) is 15.7. The Bertz CT molecular complexity index is 1490. The van der Waals surface area contributed by atoms with E-state index in [1.54, 1.807) is 24.3 Å². The van der Waals surface area contributed by atoms with Crippen LogP contribution in [0.1, 0.15) is 71.8 Å². The summed E-state index contributed by atoms with van der Waals surface area (Å²) in [4.78, 5) is 40.1. The monoisotopic (exact) mass is 702 g/mol. The molecule has 0 saturated carbocycles. The number of halogens is 2. The third-order valence-electron chi connectivity index (χ3n) is 7.88. The molecule has 0 spiro atoms. The van der Waals surface area contributed by atoms with E-state index in [0.29, 0.717) is 56.4 Å². The van der Waals surface area contributed by atoms with Gasteiger partial charge in [-0.05, 0) is 83.0 Å². The van der Waals surface area contributed by atoms with Crippen LogP contribution in [-0.4, -0.2) is 30.7 Å². The number of amides is 1. The Morgan fingerprint density at radius 1 is 0.976 bits per heavy atom. The molecule has 2 N–H and O–H groups in total. The van der Waals surface area contributed by atoms with Crippen molar-refractivity contribution in [2.24, 2.45) is 10.8 Å². The van der Waals surface area contributed by atoms with Gasteiger partial charge in [0.15, 0.2) is 29.7 Å². The molecule has 0 aromatic heterocycles. The molecule has 0 fully saturated rings. The number of ketones is 2. The summed E-state index contributed by atoms with van der Waals surface area (Å²) in [6.07, 6.45) is 2.30. The van der Waals surface area contributed by atoms with Gasteiger partial charge in [0, 0.05) is 41.3 Å². The van der Waals surface area contributed by atoms with E-state index in [-0.39, 0.29) is 34.9 Å². The van der Waals surface area contributed by atoms with Gasteiger partial charge >= 0.3 is 0 Å². The molecule has 1 heterocycles. The van der Waals surface area contributed by atoms with E-state index in [0.717, 1.165) is 29.8 Å². The largest absolute Gasteiger partial charge is 0.490 e. The van der Waals surface area contributed by atoms with Crippen molar-refractivity contribution in [2.75, 3.05) is 18.5 Å². The maximum absolute atomic E-state index is 13.7. The number of rotatable bonds is 7. The SMILES string of the molecule is CCOc1cc(C2C3=C(CC(C)(C)CC3=O)NC3=C2C(=O)CC(C)(C)C3)cc(I)c1OCC(=O)Nc1ccccc1Cl. The zero-order valence-electron chi connectivity index (χ0n) is 24.6. The first-order valence-electron chi connectivity index (χ1n) is 14.2. The number of hydrogen-bond donors (Lipinski definition) is 2. The van der Waals surface area contributed by atoms with E-state index >= 15 is 0 Å². The van der Waals surface area contributed by atoms with Gasteiger partial charge in [0.25, 0.3) is 5.91 Å². The van der Waals surface area contributed by atoms with Crippen LogP contribution in [0, 0.1) is 14.4 Å². The van der Waals surface area contributed by atoms with Gasteiger partial charge in [0.2, 0.25) is 0 Å². The third kappa shape index (κ3) is 6.25. The molecule has 222 valence electrons. The highest BCUT2D eigenvalue weighted by molar-refractivity contribution is 14.1. The van der Waals surface area contributed by atoms with Gasteiger partial charge in [-0.25, -0.2) is 0 Å². The third-order valence-corrected chi connectivity index (χ3v) is 9.01. The van der Waals surface area contributed by atoms with Crippen LogP contribution in [0.15, 0.2) is 58.9 Å². The fourth-order valence-corrected chi connectivity index (χ4v) is 7.23. The first kappa shape index (κ1) is 30.6. The van der Waals surface area contributed by atoms with Crippen LogP contribution in [0.25, 0.3) is 0 Å². The molecule has 3 aliphatic rings. The van der Waals surface area contributed by atoms with Gasteiger partial charge in [-0.1, -0.05) is 51.4 Å². The predicted molar refractivity (Wildman–Crippen MR) is 172 cm³/mol. The molecule has 2 aromatic rings. The van der Waals surface area contributed by atoms with E-state index in [1.807, 2.05) is 19.1 Å². The summed E-state index contributed by atoms with van der Waals surface area (Å²) in [6, 6.07) is 10.8. The van der Waals surface area contributed by atoms with Gasteiger partial charge in [-0.2, -0.15) is 0 Å². The number of allylic oxidation sites excluding steroid dienone is 4. The maximum Gasteiger partial charge on any atom is 0.262 e. The van der Waals surface area contributed by atoms with Crippen molar-refractivity contribution in [3.8, 4) is 11.5 Å². The van der Waals surface area contributed by atoms with E-state index in [4.69, 9.17) is 21.1 Å². The Hall–Kier alpha value is -2.85. The lowest BCUT2D eigenvalue weighted by molar-refractivity contribution is -0.119. The first-order chi connectivity index (χ1) is 19.8. The Kier molecular flexibility index (Phi) is 8.51. The van der Waals surface area contributed by atoms with Crippen molar-refractivity contribution in [3.05, 3.63) is 73.1 Å². The number of anilines is 1. The van der Waals surface area contributed by atoms with E-state index in [2.05, 4.69) is 60.9 Å². The summed E-state index contributed by atoms with van der Waals surface area (Å²) >= 11 is 8.35. The second-order valence-corrected chi connectivity index (χ2v) is 14.4. The minimum absolute atomic E-state index is 0.0625. The maximum atomic E-state index is 13.7. The number of dihydropyridines is 1. The summed E-state index contributed by atoms with van der Waals surface area (Å²) in [5.41, 5.74) is 4.13. The molecular weight excluding hydrogens is 667 g/mol. The quantitative estimate of drug-likeness (QED) is 0.294. The smallest absolute Gasteiger partial charge is 0.262 e. The molecule has 2 aromatic carbocycles. The van der Waals surface area contributed by atoms with Crippen LogP contribution in [0.2, 0.25) is 5.02 Å². The number of Topliss-reactive ketones (excluding diaryl/α,β-unsaturated/α-hetero) is 2. The molecule has 2 aliphatic carbocycles. The van der Waals surface area contributed by atoms with Crippen molar-refractivity contribution >= 4 is 57.4 Å². The molecule has 7 nitrogen and oxygen atoms in total. The Labute approximate surface area is 265 Å². The lowest BCUT2D eigenvalue weighted by Gasteiger charge is -2.44. The standard InChI is InChI=1S/C33H36ClIN2O5/c1-6-41-26-12-18(11-20(35)31(26)42-17-27(40)37-21-10-8-7-9-19(21)34)28-29-22(13-32(2,3)15-24(29)38)36-23-14-33(4,5)16-25(39)30(23)28/h7-12,28,36H,6,13-17H2,1-5H3,(H,37,40). The number of hydrogen-bond acceptors (Lipinski definition) is 6. The van der Waals surface area contributed by atoms with Crippen molar-refractivity contribution in [1.82, 2.24) is 5.32 Å². The molecule has 0 radical (unpaired) electrons. The lowest BCUT2D eigenvalue weighted by atomic mass is 9.64. The molecule has 0 bridgehead atoms. The number of carbonyl (C=O) groups is 3. The summed E-state index contributed by atoms with van der Waals surface area (Å²) in [7, 11) is 0.